The largest absolute Gasteiger partial charge is 0.480 e. The lowest BCUT2D eigenvalue weighted by molar-refractivity contribution is -0.138. The van der Waals surface area contributed by atoms with Crippen molar-refractivity contribution in [2.24, 2.45) is 17.2 Å². The van der Waals surface area contributed by atoms with Crippen molar-refractivity contribution in [2.45, 2.75) is 12.5 Å². The van der Waals surface area contributed by atoms with Crippen molar-refractivity contribution in [3.8, 4) is 0 Å². The Hall–Kier alpha value is -2.10. The molecule has 1 rings (SSSR count). The molecule has 0 aromatic carbocycles. The van der Waals surface area contributed by atoms with Crippen molar-refractivity contribution in [3.05, 3.63) is 17.7 Å². The van der Waals surface area contributed by atoms with Gasteiger partial charge < -0.3 is 22.3 Å². The third-order valence-electron chi connectivity index (χ3n) is 2.38. The second-order valence-electron chi connectivity index (χ2n) is 3.80. The molecule has 0 amide bonds. The molecule has 1 aromatic rings. The Labute approximate surface area is 108 Å². The number of carbonyl (C=O) groups is 3. The summed E-state index contributed by atoms with van der Waals surface area (Å²) in [6, 6.07) is -1.17. The van der Waals surface area contributed by atoms with E-state index in [2.05, 4.69) is 4.98 Å². The lowest BCUT2D eigenvalue weighted by Crippen LogP contribution is -2.32. The molecule has 7 N–H and O–H groups in total. The van der Waals surface area contributed by atoms with Crippen molar-refractivity contribution in [1.82, 2.24) is 9.55 Å². The minimum Gasteiger partial charge on any atom is -0.480 e. The average molecular weight is 269 g/mol. The fourth-order valence-corrected chi connectivity index (χ4v) is 1.42. The number of Topliss-reactive ketones (excluding diaryl/α,β-unsaturated/α-hetero) is 1. The minimum absolute atomic E-state index is 0.106. The number of hydrogen-bond donors (Lipinski definition) is 4. The molecule has 0 aliphatic heterocycles. The second-order valence-corrected chi connectivity index (χ2v) is 3.80. The van der Waals surface area contributed by atoms with E-state index >= 15 is 0 Å². The molecule has 19 heavy (non-hydrogen) atoms. The van der Waals surface area contributed by atoms with Gasteiger partial charge in [-0.1, -0.05) is 0 Å². The quantitative estimate of drug-likeness (QED) is 0.413. The maximum atomic E-state index is 11.5. The van der Waals surface area contributed by atoms with Crippen LogP contribution < -0.4 is 17.2 Å². The van der Waals surface area contributed by atoms with E-state index in [0.29, 0.717) is 0 Å². The fraction of sp³-hybridized carbons (Fsp3) is 0.400. The topological polar surface area (TPSA) is 167 Å². The van der Waals surface area contributed by atoms with Crippen molar-refractivity contribution in [3.63, 3.8) is 0 Å². The number of aliphatic carboxylic acids is 1. The standard InChI is InChI=1S/C10H15N5O4/c11-2-7(16)9-14-5(1-6(13)10(18)19)4-15(9)8(17)3-12/h4,6H,1-3,11-13H2,(H,18,19). The second kappa shape index (κ2) is 6.18. The van der Waals surface area contributed by atoms with E-state index in [4.69, 9.17) is 22.3 Å². The Morgan fingerprint density at radius 1 is 1.32 bits per heavy atom. The highest BCUT2D eigenvalue weighted by Crippen LogP contribution is 2.06. The van der Waals surface area contributed by atoms with Crippen LogP contribution >= 0.6 is 0 Å². The third-order valence-corrected chi connectivity index (χ3v) is 2.38. The van der Waals surface area contributed by atoms with Crippen molar-refractivity contribution in [1.29, 1.82) is 0 Å². The van der Waals surface area contributed by atoms with Gasteiger partial charge in [-0.3, -0.25) is 19.0 Å². The lowest BCUT2D eigenvalue weighted by Gasteiger charge is -2.02. The number of aromatic nitrogens is 2. The first kappa shape index (κ1) is 15.0. The van der Waals surface area contributed by atoms with Gasteiger partial charge in [0.05, 0.1) is 18.8 Å². The van der Waals surface area contributed by atoms with Crippen LogP contribution in [0, 0.1) is 0 Å². The van der Waals surface area contributed by atoms with Crippen molar-refractivity contribution in [2.75, 3.05) is 13.1 Å². The van der Waals surface area contributed by atoms with Gasteiger partial charge in [0.2, 0.25) is 11.7 Å². The van der Waals surface area contributed by atoms with Crippen LogP contribution in [0.15, 0.2) is 6.20 Å². The Kier molecular flexibility index (Phi) is 4.87. The summed E-state index contributed by atoms with van der Waals surface area (Å²) in [6.45, 7) is -0.634. The van der Waals surface area contributed by atoms with Gasteiger partial charge in [-0.2, -0.15) is 0 Å². The van der Waals surface area contributed by atoms with Gasteiger partial charge in [0.1, 0.15) is 6.04 Å². The Morgan fingerprint density at radius 2 is 1.95 bits per heavy atom. The van der Waals surface area contributed by atoms with Gasteiger partial charge in [-0.15, -0.1) is 0 Å². The maximum Gasteiger partial charge on any atom is 0.320 e. The van der Waals surface area contributed by atoms with Crippen LogP contribution in [0.5, 0.6) is 0 Å². The van der Waals surface area contributed by atoms with Crippen LogP contribution in [0.3, 0.4) is 0 Å². The molecule has 0 bridgehead atoms. The first-order valence-electron chi connectivity index (χ1n) is 5.43. The maximum absolute atomic E-state index is 11.5. The number of carboxylic acid groups (broad SMARTS) is 1. The molecule has 0 aliphatic carbocycles. The van der Waals surface area contributed by atoms with Crippen LogP contribution in [-0.2, 0) is 11.2 Å². The molecule has 9 heteroatoms. The molecule has 1 heterocycles. The van der Waals surface area contributed by atoms with Gasteiger partial charge in [-0.25, -0.2) is 4.98 Å². The normalized spacial score (nSPS) is 12.2. The zero-order chi connectivity index (χ0) is 14.6. The molecule has 1 unspecified atom stereocenters. The van der Waals surface area contributed by atoms with Crippen LogP contribution in [0.1, 0.15) is 21.1 Å². The highest BCUT2D eigenvalue weighted by molar-refractivity contribution is 5.98. The molecule has 0 fully saturated rings. The molecule has 0 saturated carbocycles. The zero-order valence-electron chi connectivity index (χ0n) is 10.1. The first-order chi connectivity index (χ1) is 8.90. The van der Waals surface area contributed by atoms with E-state index in [9.17, 15) is 14.4 Å². The number of carbonyl (C=O) groups excluding carboxylic acids is 2. The number of ketones is 1. The number of nitrogens with two attached hydrogens (primary N) is 3. The summed E-state index contributed by atoms with van der Waals surface area (Å²) in [6.07, 6.45) is 1.14. The Balaban J connectivity index is 3.10. The summed E-state index contributed by atoms with van der Waals surface area (Å²) in [4.78, 5) is 37.6. The van der Waals surface area contributed by atoms with E-state index in [1.807, 2.05) is 0 Å². The lowest BCUT2D eigenvalue weighted by atomic mass is 10.2. The summed E-state index contributed by atoms with van der Waals surface area (Å²) >= 11 is 0. The summed E-state index contributed by atoms with van der Waals surface area (Å²) in [5.41, 5.74) is 16.0. The molecule has 1 atom stereocenters. The van der Waals surface area contributed by atoms with Crippen LogP contribution in [0.4, 0.5) is 0 Å². The number of carboxylic acids is 1. The molecule has 0 aliphatic rings. The number of rotatable bonds is 6. The van der Waals surface area contributed by atoms with E-state index in [-0.39, 0.29) is 31.0 Å². The SMILES string of the molecule is NCC(=O)c1nc(CC(N)C(=O)O)cn1C(=O)CN. The van der Waals surface area contributed by atoms with Gasteiger partial charge in [0, 0.05) is 12.6 Å². The smallest absolute Gasteiger partial charge is 0.320 e. The summed E-state index contributed by atoms with van der Waals surface area (Å²) in [5, 5.41) is 8.70. The summed E-state index contributed by atoms with van der Waals surface area (Å²) < 4.78 is 0.971. The van der Waals surface area contributed by atoms with Crippen LogP contribution in [0.2, 0.25) is 0 Å². The Morgan fingerprint density at radius 3 is 2.42 bits per heavy atom. The van der Waals surface area contributed by atoms with Gasteiger partial charge in [0.25, 0.3) is 0 Å². The average Bonchev–Trinajstić information content (AvgIpc) is 2.80. The van der Waals surface area contributed by atoms with Gasteiger partial charge >= 0.3 is 5.97 Å². The van der Waals surface area contributed by atoms with E-state index in [1.54, 1.807) is 0 Å². The predicted octanol–water partition coefficient (Wildman–Crippen LogP) is -2.42. The van der Waals surface area contributed by atoms with Gasteiger partial charge in [-0.05, 0) is 0 Å². The van der Waals surface area contributed by atoms with E-state index in [1.165, 1.54) is 6.20 Å². The monoisotopic (exact) mass is 269 g/mol. The molecular weight excluding hydrogens is 254 g/mol. The van der Waals surface area contributed by atoms with Crippen LogP contribution in [0.25, 0.3) is 0 Å². The number of hydrogen-bond acceptors (Lipinski definition) is 7. The predicted molar refractivity (Wildman–Crippen MR) is 64.6 cm³/mol. The van der Waals surface area contributed by atoms with Crippen LogP contribution in [-0.4, -0.2) is 51.4 Å². The molecule has 0 radical (unpaired) electrons. The summed E-state index contributed by atoms with van der Waals surface area (Å²) in [5.74, 6) is -2.45. The molecule has 9 nitrogen and oxygen atoms in total. The highest BCUT2D eigenvalue weighted by atomic mass is 16.4. The van der Waals surface area contributed by atoms with Crippen molar-refractivity contribution < 1.29 is 19.5 Å². The molecule has 1 aromatic heterocycles. The molecular formula is C10H15N5O4. The fourth-order valence-electron chi connectivity index (χ4n) is 1.42. The van der Waals surface area contributed by atoms with E-state index in [0.717, 1.165) is 4.57 Å². The third kappa shape index (κ3) is 3.44. The highest BCUT2D eigenvalue weighted by Gasteiger charge is 2.21. The van der Waals surface area contributed by atoms with E-state index < -0.39 is 23.7 Å². The molecule has 0 spiro atoms. The van der Waals surface area contributed by atoms with Gasteiger partial charge in [0.15, 0.2) is 5.82 Å². The minimum atomic E-state index is -1.20. The Bertz CT molecular complexity index is 477. The number of imidazole rings is 1. The zero-order valence-corrected chi connectivity index (χ0v) is 10.1. The molecule has 0 saturated heterocycles. The first-order valence-corrected chi connectivity index (χ1v) is 5.43. The molecule has 104 valence electrons. The summed E-state index contributed by atoms with van der Waals surface area (Å²) in [7, 11) is 0. The number of nitrogens with zero attached hydrogens (tertiary/aromatic N) is 2. The van der Waals surface area contributed by atoms with Crippen molar-refractivity contribution >= 4 is 17.7 Å².